The number of Topliss-reactive ketones (excluding diaryl/α,β-unsaturated/α-hetero) is 1. The van der Waals surface area contributed by atoms with Crippen LogP contribution in [0.25, 0.3) is 0 Å². The molecule has 0 radical (unpaired) electrons. The highest BCUT2D eigenvalue weighted by Crippen LogP contribution is 2.27. The number of carbonyl (C=O) groups is 1. The van der Waals surface area contributed by atoms with E-state index in [1.165, 1.54) is 11.3 Å². The zero-order chi connectivity index (χ0) is 11.4. The van der Waals surface area contributed by atoms with Crippen molar-refractivity contribution in [1.29, 1.82) is 0 Å². The minimum absolute atomic E-state index is 0.169. The molecule has 1 unspecified atom stereocenters. The van der Waals surface area contributed by atoms with E-state index in [1.807, 2.05) is 11.4 Å². The summed E-state index contributed by atoms with van der Waals surface area (Å²) >= 11 is 1.45. The van der Waals surface area contributed by atoms with Gasteiger partial charge in [-0.1, -0.05) is 0 Å². The Morgan fingerprint density at radius 2 is 2.56 bits per heavy atom. The number of ether oxygens (including phenoxy) is 2. The maximum atomic E-state index is 11.9. The molecule has 1 aliphatic rings. The van der Waals surface area contributed by atoms with Gasteiger partial charge in [0.25, 0.3) is 0 Å². The quantitative estimate of drug-likeness (QED) is 0.742. The van der Waals surface area contributed by atoms with Crippen LogP contribution < -0.4 is 4.74 Å². The van der Waals surface area contributed by atoms with Crippen molar-refractivity contribution in [3.8, 4) is 5.75 Å². The molecular formula is C12H16O3S. The number of hydrogen-bond acceptors (Lipinski definition) is 4. The van der Waals surface area contributed by atoms with E-state index in [0.717, 1.165) is 30.7 Å². The summed E-state index contributed by atoms with van der Waals surface area (Å²) in [6, 6.07) is 1.84. The van der Waals surface area contributed by atoms with E-state index in [0.29, 0.717) is 12.2 Å². The lowest BCUT2D eigenvalue weighted by atomic mass is 10.1. The van der Waals surface area contributed by atoms with E-state index in [1.54, 1.807) is 7.11 Å². The molecule has 2 rings (SSSR count). The second kappa shape index (κ2) is 5.46. The Hall–Kier alpha value is -0.870. The van der Waals surface area contributed by atoms with Gasteiger partial charge in [-0.2, -0.15) is 0 Å². The van der Waals surface area contributed by atoms with E-state index in [-0.39, 0.29) is 11.9 Å². The second-order valence-corrected chi connectivity index (χ2v) is 4.83. The van der Waals surface area contributed by atoms with E-state index in [9.17, 15) is 4.79 Å². The molecule has 0 bridgehead atoms. The predicted molar refractivity (Wildman–Crippen MR) is 63.4 cm³/mol. The van der Waals surface area contributed by atoms with E-state index in [4.69, 9.17) is 9.47 Å². The molecule has 88 valence electrons. The fourth-order valence-electron chi connectivity index (χ4n) is 1.94. The average molecular weight is 240 g/mol. The summed E-state index contributed by atoms with van der Waals surface area (Å²) in [5, 5.41) is 1.89. The van der Waals surface area contributed by atoms with Crippen LogP contribution in [-0.4, -0.2) is 25.6 Å². The number of rotatable bonds is 5. The van der Waals surface area contributed by atoms with Crippen molar-refractivity contribution in [2.45, 2.75) is 31.8 Å². The summed E-state index contributed by atoms with van der Waals surface area (Å²) < 4.78 is 10.6. The van der Waals surface area contributed by atoms with Gasteiger partial charge in [0.2, 0.25) is 0 Å². The first kappa shape index (κ1) is 11.6. The number of thiophene rings is 1. The van der Waals surface area contributed by atoms with Gasteiger partial charge in [0.1, 0.15) is 10.6 Å². The highest BCUT2D eigenvalue weighted by atomic mass is 32.1. The zero-order valence-electron chi connectivity index (χ0n) is 9.40. The smallest absolute Gasteiger partial charge is 0.176 e. The molecule has 0 amide bonds. The third-order valence-electron chi connectivity index (χ3n) is 2.82. The number of ketones is 1. The summed E-state index contributed by atoms with van der Waals surface area (Å²) in [5.41, 5.74) is 0. The first-order chi connectivity index (χ1) is 7.81. The molecule has 0 spiro atoms. The Labute approximate surface area is 99.4 Å². The van der Waals surface area contributed by atoms with Crippen LogP contribution in [0.1, 0.15) is 35.4 Å². The molecule has 1 fully saturated rings. The Balaban J connectivity index is 1.87. The summed E-state index contributed by atoms with van der Waals surface area (Å²) in [6.07, 6.45) is 3.90. The van der Waals surface area contributed by atoms with Gasteiger partial charge in [-0.05, 0) is 30.7 Å². The standard InChI is InChI=1S/C12H16O3S/c1-14-11-6-8-16-12(11)10(13)5-4-9-3-2-7-15-9/h6,8-9H,2-5,7H2,1H3. The van der Waals surface area contributed by atoms with Crippen LogP contribution in [0.4, 0.5) is 0 Å². The number of carbonyl (C=O) groups excluding carboxylic acids is 1. The first-order valence-corrected chi connectivity index (χ1v) is 6.45. The van der Waals surface area contributed by atoms with E-state index >= 15 is 0 Å². The minimum atomic E-state index is 0.169. The summed E-state index contributed by atoms with van der Waals surface area (Å²) in [5.74, 6) is 0.865. The van der Waals surface area contributed by atoms with Gasteiger partial charge in [0.15, 0.2) is 5.78 Å². The minimum Gasteiger partial charge on any atom is -0.495 e. The molecule has 0 N–H and O–H groups in total. The maximum Gasteiger partial charge on any atom is 0.176 e. The van der Waals surface area contributed by atoms with Crippen LogP contribution in [0.3, 0.4) is 0 Å². The highest BCUT2D eigenvalue weighted by Gasteiger charge is 2.19. The number of methoxy groups -OCH3 is 1. The van der Waals surface area contributed by atoms with Crippen LogP contribution in [-0.2, 0) is 4.74 Å². The van der Waals surface area contributed by atoms with Crippen molar-refractivity contribution in [1.82, 2.24) is 0 Å². The summed E-state index contributed by atoms with van der Waals surface area (Å²) in [7, 11) is 1.60. The highest BCUT2D eigenvalue weighted by molar-refractivity contribution is 7.12. The lowest BCUT2D eigenvalue weighted by molar-refractivity contribution is 0.0860. The third kappa shape index (κ3) is 2.62. The zero-order valence-corrected chi connectivity index (χ0v) is 10.2. The normalized spacial score (nSPS) is 19.9. The lowest BCUT2D eigenvalue weighted by Gasteiger charge is -2.07. The molecule has 0 saturated carbocycles. The molecular weight excluding hydrogens is 224 g/mol. The average Bonchev–Trinajstić information content (AvgIpc) is 2.96. The topological polar surface area (TPSA) is 35.5 Å². The van der Waals surface area contributed by atoms with Gasteiger partial charge in [0, 0.05) is 13.0 Å². The van der Waals surface area contributed by atoms with Crippen LogP contribution in [0.5, 0.6) is 5.75 Å². The van der Waals surface area contributed by atoms with Gasteiger partial charge in [-0.3, -0.25) is 4.79 Å². The molecule has 0 aliphatic carbocycles. The molecule has 16 heavy (non-hydrogen) atoms. The van der Waals surface area contributed by atoms with Gasteiger partial charge in [-0.15, -0.1) is 11.3 Å². The molecule has 4 heteroatoms. The first-order valence-electron chi connectivity index (χ1n) is 5.57. The SMILES string of the molecule is COc1ccsc1C(=O)CCC1CCCO1. The van der Waals surface area contributed by atoms with Crippen molar-refractivity contribution in [2.24, 2.45) is 0 Å². The van der Waals surface area contributed by atoms with Crippen molar-refractivity contribution in [3.63, 3.8) is 0 Å². The second-order valence-electron chi connectivity index (χ2n) is 3.91. The number of hydrogen-bond donors (Lipinski definition) is 0. The maximum absolute atomic E-state index is 11.9. The van der Waals surface area contributed by atoms with Crippen LogP contribution in [0, 0.1) is 0 Å². The third-order valence-corrected chi connectivity index (χ3v) is 3.76. The fraction of sp³-hybridized carbons (Fsp3) is 0.583. The molecule has 1 aromatic heterocycles. The molecule has 0 aromatic carbocycles. The molecule has 2 heterocycles. The molecule has 1 aliphatic heterocycles. The van der Waals surface area contributed by atoms with Crippen LogP contribution >= 0.6 is 11.3 Å². The monoisotopic (exact) mass is 240 g/mol. The van der Waals surface area contributed by atoms with Gasteiger partial charge < -0.3 is 9.47 Å². The Kier molecular flexibility index (Phi) is 3.96. The van der Waals surface area contributed by atoms with Crippen LogP contribution in [0.15, 0.2) is 11.4 Å². The van der Waals surface area contributed by atoms with E-state index in [2.05, 4.69) is 0 Å². The lowest BCUT2D eigenvalue weighted by Crippen LogP contribution is -2.08. The molecule has 1 atom stereocenters. The largest absolute Gasteiger partial charge is 0.495 e. The Bertz CT molecular complexity index is 353. The van der Waals surface area contributed by atoms with Gasteiger partial charge >= 0.3 is 0 Å². The predicted octanol–water partition coefficient (Wildman–Crippen LogP) is 2.90. The van der Waals surface area contributed by atoms with Crippen molar-refractivity contribution >= 4 is 17.1 Å². The fourth-order valence-corrected chi connectivity index (χ4v) is 2.77. The van der Waals surface area contributed by atoms with Crippen LogP contribution in [0.2, 0.25) is 0 Å². The Morgan fingerprint density at radius 1 is 1.69 bits per heavy atom. The molecule has 1 saturated heterocycles. The van der Waals surface area contributed by atoms with Crippen molar-refractivity contribution in [3.05, 3.63) is 16.3 Å². The van der Waals surface area contributed by atoms with Gasteiger partial charge in [0.05, 0.1) is 13.2 Å². The Morgan fingerprint density at radius 3 is 3.25 bits per heavy atom. The summed E-state index contributed by atoms with van der Waals surface area (Å²) in [4.78, 5) is 12.7. The summed E-state index contributed by atoms with van der Waals surface area (Å²) in [6.45, 7) is 0.848. The van der Waals surface area contributed by atoms with Gasteiger partial charge in [-0.25, -0.2) is 0 Å². The molecule has 3 nitrogen and oxygen atoms in total. The van der Waals surface area contributed by atoms with E-state index < -0.39 is 0 Å². The van der Waals surface area contributed by atoms with Crippen molar-refractivity contribution in [2.75, 3.05) is 13.7 Å². The molecule has 1 aromatic rings. The van der Waals surface area contributed by atoms with Crippen molar-refractivity contribution < 1.29 is 14.3 Å².